The summed E-state index contributed by atoms with van der Waals surface area (Å²) in [4.78, 5) is 33.4. The highest BCUT2D eigenvalue weighted by molar-refractivity contribution is 6.02. The number of amides is 2. The molecule has 3 aromatic heterocycles. The molecule has 3 heterocycles. The molecule has 3 rings (SSSR count). The van der Waals surface area contributed by atoms with Crippen molar-refractivity contribution < 1.29 is 9.59 Å². The SMILES string of the molecule is CC(C)(C)NC(=O)c1nc(C(=O)NCc2ccncc2)c2ccccn12. The molecule has 3 aromatic rings. The summed E-state index contributed by atoms with van der Waals surface area (Å²) in [5.74, 6) is -0.475. The lowest BCUT2D eigenvalue weighted by atomic mass is 10.1. The molecule has 0 spiro atoms. The van der Waals surface area contributed by atoms with Crippen molar-refractivity contribution in [2.75, 3.05) is 0 Å². The van der Waals surface area contributed by atoms with Crippen molar-refractivity contribution in [3.8, 4) is 0 Å². The van der Waals surface area contributed by atoms with E-state index in [0.29, 0.717) is 12.1 Å². The van der Waals surface area contributed by atoms with Crippen molar-refractivity contribution in [3.63, 3.8) is 0 Å². The monoisotopic (exact) mass is 351 g/mol. The van der Waals surface area contributed by atoms with Crippen LogP contribution < -0.4 is 10.6 Å². The van der Waals surface area contributed by atoms with Crippen molar-refractivity contribution >= 4 is 17.3 Å². The number of carbonyl (C=O) groups is 2. The lowest BCUT2D eigenvalue weighted by Gasteiger charge is -2.19. The zero-order valence-electron chi connectivity index (χ0n) is 15.0. The molecule has 0 fully saturated rings. The molecule has 0 saturated carbocycles. The minimum Gasteiger partial charge on any atom is -0.347 e. The van der Waals surface area contributed by atoms with Crippen molar-refractivity contribution in [3.05, 3.63) is 66.0 Å². The number of aromatic nitrogens is 3. The van der Waals surface area contributed by atoms with Gasteiger partial charge in [-0.2, -0.15) is 0 Å². The Balaban J connectivity index is 1.89. The van der Waals surface area contributed by atoms with Gasteiger partial charge in [-0.05, 0) is 50.6 Å². The van der Waals surface area contributed by atoms with E-state index in [1.54, 1.807) is 35.1 Å². The van der Waals surface area contributed by atoms with E-state index in [1.807, 2.05) is 39.0 Å². The van der Waals surface area contributed by atoms with Crippen molar-refractivity contribution in [2.45, 2.75) is 32.9 Å². The predicted molar refractivity (Wildman–Crippen MR) is 97.8 cm³/mol. The first kappa shape index (κ1) is 17.6. The molecule has 0 aliphatic rings. The van der Waals surface area contributed by atoms with Gasteiger partial charge in [-0.15, -0.1) is 0 Å². The van der Waals surface area contributed by atoms with Crippen LogP contribution in [-0.2, 0) is 6.54 Å². The highest BCUT2D eigenvalue weighted by atomic mass is 16.2. The van der Waals surface area contributed by atoms with E-state index in [2.05, 4.69) is 20.6 Å². The quantitative estimate of drug-likeness (QED) is 0.754. The molecule has 134 valence electrons. The zero-order valence-corrected chi connectivity index (χ0v) is 15.0. The summed E-state index contributed by atoms with van der Waals surface area (Å²) in [7, 11) is 0. The fraction of sp³-hybridized carbons (Fsp3) is 0.263. The first-order valence-corrected chi connectivity index (χ1v) is 8.32. The molecule has 0 aliphatic heterocycles. The number of imidazole rings is 1. The van der Waals surface area contributed by atoms with E-state index in [1.165, 1.54) is 0 Å². The molecule has 0 atom stereocenters. The highest BCUT2D eigenvalue weighted by Gasteiger charge is 2.23. The van der Waals surface area contributed by atoms with Crippen LogP contribution in [0.3, 0.4) is 0 Å². The zero-order chi connectivity index (χ0) is 18.7. The highest BCUT2D eigenvalue weighted by Crippen LogP contribution is 2.14. The molecule has 0 bridgehead atoms. The number of hydrogen-bond donors (Lipinski definition) is 2. The molecular formula is C19H21N5O2. The number of hydrogen-bond acceptors (Lipinski definition) is 4. The summed E-state index contributed by atoms with van der Waals surface area (Å²) in [5, 5.41) is 5.71. The normalized spacial score (nSPS) is 11.3. The molecular weight excluding hydrogens is 330 g/mol. The number of pyridine rings is 2. The Labute approximate surface area is 151 Å². The number of carbonyl (C=O) groups excluding carboxylic acids is 2. The first-order chi connectivity index (χ1) is 12.3. The Morgan fingerprint density at radius 2 is 1.81 bits per heavy atom. The largest absolute Gasteiger partial charge is 0.347 e. The molecule has 7 heteroatoms. The average Bonchev–Trinajstić information content (AvgIpc) is 2.99. The van der Waals surface area contributed by atoms with Gasteiger partial charge in [-0.1, -0.05) is 6.07 Å². The van der Waals surface area contributed by atoms with Gasteiger partial charge in [-0.3, -0.25) is 19.0 Å². The van der Waals surface area contributed by atoms with Crippen molar-refractivity contribution in [1.29, 1.82) is 0 Å². The average molecular weight is 351 g/mol. The number of nitrogens with zero attached hydrogens (tertiary/aromatic N) is 3. The topological polar surface area (TPSA) is 88.4 Å². The van der Waals surface area contributed by atoms with Crippen molar-refractivity contribution in [1.82, 2.24) is 25.0 Å². The van der Waals surface area contributed by atoms with Gasteiger partial charge in [0, 0.05) is 30.7 Å². The molecule has 0 aliphatic carbocycles. The summed E-state index contributed by atoms with van der Waals surface area (Å²) >= 11 is 0. The number of fused-ring (bicyclic) bond motifs is 1. The van der Waals surface area contributed by atoms with Crippen LogP contribution >= 0.6 is 0 Å². The van der Waals surface area contributed by atoms with Gasteiger partial charge in [0.15, 0.2) is 5.69 Å². The predicted octanol–water partition coefficient (Wildman–Crippen LogP) is 2.19. The minimum absolute atomic E-state index is 0.185. The second-order valence-electron chi connectivity index (χ2n) is 6.98. The smallest absolute Gasteiger partial charge is 0.288 e. The molecule has 0 radical (unpaired) electrons. The molecule has 0 unspecified atom stereocenters. The van der Waals surface area contributed by atoms with Gasteiger partial charge in [0.05, 0.1) is 5.52 Å². The summed E-state index contributed by atoms with van der Waals surface area (Å²) < 4.78 is 1.63. The van der Waals surface area contributed by atoms with Crippen LogP contribution in [0.5, 0.6) is 0 Å². The molecule has 0 aromatic carbocycles. The van der Waals surface area contributed by atoms with Crippen LogP contribution in [0.25, 0.3) is 5.52 Å². The first-order valence-electron chi connectivity index (χ1n) is 8.32. The third kappa shape index (κ3) is 3.88. The molecule has 7 nitrogen and oxygen atoms in total. The Morgan fingerprint density at radius 3 is 2.50 bits per heavy atom. The van der Waals surface area contributed by atoms with Crippen LogP contribution in [0.15, 0.2) is 48.9 Å². The van der Waals surface area contributed by atoms with Gasteiger partial charge in [0.1, 0.15) is 0 Å². The minimum atomic E-state index is -0.401. The Hall–Kier alpha value is -3.22. The summed E-state index contributed by atoms with van der Waals surface area (Å²) in [6.45, 7) is 6.03. The Bertz CT molecular complexity index is 941. The van der Waals surface area contributed by atoms with E-state index in [4.69, 9.17) is 0 Å². The van der Waals surface area contributed by atoms with Gasteiger partial charge in [0.2, 0.25) is 5.82 Å². The second-order valence-corrected chi connectivity index (χ2v) is 6.98. The maximum atomic E-state index is 12.6. The molecule has 26 heavy (non-hydrogen) atoms. The van der Waals surface area contributed by atoms with Crippen LogP contribution in [0.2, 0.25) is 0 Å². The second kappa shape index (κ2) is 6.95. The van der Waals surface area contributed by atoms with Crippen LogP contribution in [-0.4, -0.2) is 31.7 Å². The lowest BCUT2D eigenvalue weighted by molar-refractivity contribution is 0.0908. The summed E-state index contributed by atoms with van der Waals surface area (Å²) in [5.41, 5.74) is 1.33. The Kier molecular flexibility index (Phi) is 4.71. The summed E-state index contributed by atoms with van der Waals surface area (Å²) in [6, 6.07) is 9.02. The standard InChI is InChI=1S/C19H21N5O2/c1-19(2,3)23-18(26)16-22-15(14-6-4-5-11-24(14)16)17(25)21-12-13-7-9-20-10-8-13/h4-11H,12H2,1-3H3,(H,21,25)(H,23,26). The maximum absolute atomic E-state index is 12.6. The van der Waals surface area contributed by atoms with Gasteiger partial charge in [0.25, 0.3) is 11.8 Å². The molecule has 0 saturated heterocycles. The lowest BCUT2D eigenvalue weighted by Crippen LogP contribution is -2.41. The fourth-order valence-corrected chi connectivity index (χ4v) is 2.53. The van der Waals surface area contributed by atoms with Gasteiger partial charge < -0.3 is 10.6 Å². The number of rotatable bonds is 4. The van der Waals surface area contributed by atoms with Gasteiger partial charge >= 0.3 is 0 Å². The maximum Gasteiger partial charge on any atom is 0.288 e. The van der Waals surface area contributed by atoms with Gasteiger partial charge in [-0.25, -0.2) is 4.98 Å². The third-order valence-corrected chi connectivity index (χ3v) is 3.66. The molecule has 2 N–H and O–H groups in total. The third-order valence-electron chi connectivity index (χ3n) is 3.66. The van der Waals surface area contributed by atoms with Crippen LogP contribution in [0.4, 0.5) is 0 Å². The van der Waals surface area contributed by atoms with E-state index in [-0.39, 0.29) is 23.3 Å². The Morgan fingerprint density at radius 1 is 1.08 bits per heavy atom. The van der Waals surface area contributed by atoms with E-state index in [0.717, 1.165) is 5.56 Å². The van der Waals surface area contributed by atoms with E-state index < -0.39 is 5.54 Å². The van der Waals surface area contributed by atoms with Crippen LogP contribution in [0.1, 0.15) is 47.4 Å². The van der Waals surface area contributed by atoms with Crippen LogP contribution in [0, 0.1) is 0 Å². The summed E-state index contributed by atoms with van der Waals surface area (Å²) in [6.07, 6.45) is 5.06. The van der Waals surface area contributed by atoms with E-state index >= 15 is 0 Å². The fourth-order valence-electron chi connectivity index (χ4n) is 2.53. The van der Waals surface area contributed by atoms with Crippen molar-refractivity contribution in [2.24, 2.45) is 0 Å². The molecule has 2 amide bonds. The van der Waals surface area contributed by atoms with E-state index in [9.17, 15) is 9.59 Å². The number of nitrogens with one attached hydrogen (secondary N) is 2.